The van der Waals surface area contributed by atoms with Gasteiger partial charge in [-0.05, 0) is 37.5 Å². The normalized spacial score (nSPS) is 22.6. The lowest BCUT2D eigenvalue weighted by Gasteiger charge is -2.25. The fourth-order valence-electron chi connectivity index (χ4n) is 2.83. The third-order valence-electron chi connectivity index (χ3n) is 4.11. The molecule has 2 unspecified atom stereocenters. The molecule has 1 aromatic carbocycles. The summed E-state index contributed by atoms with van der Waals surface area (Å²) in [7, 11) is 3.17. The molecule has 7 nitrogen and oxygen atoms in total. The van der Waals surface area contributed by atoms with E-state index in [0.29, 0.717) is 12.8 Å². The molecule has 1 saturated heterocycles. The molecule has 0 bridgehead atoms. The predicted octanol–water partition coefficient (Wildman–Crippen LogP) is 1.52. The molecule has 0 spiro atoms. The van der Waals surface area contributed by atoms with Crippen LogP contribution in [0.15, 0.2) is 24.3 Å². The summed E-state index contributed by atoms with van der Waals surface area (Å²) in [5, 5.41) is 11.8. The van der Waals surface area contributed by atoms with Crippen molar-refractivity contribution >= 4 is 11.9 Å². The van der Waals surface area contributed by atoms with Gasteiger partial charge < -0.3 is 24.6 Å². The third kappa shape index (κ3) is 4.24. The highest BCUT2D eigenvalue weighted by atomic mass is 16.5. The predicted molar refractivity (Wildman–Crippen MR) is 85.9 cm³/mol. The lowest BCUT2D eigenvalue weighted by Crippen LogP contribution is -2.43. The monoisotopic (exact) mass is 337 g/mol. The summed E-state index contributed by atoms with van der Waals surface area (Å²) in [6.07, 6.45) is -1.24. The van der Waals surface area contributed by atoms with Crippen molar-refractivity contribution in [1.29, 1.82) is 0 Å². The van der Waals surface area contributed by atoms with Crippen molar-refractivity contribution in [3.05, 3.63) is 29.8 Å². The topological polar surface area (TPSA) is 94.1 Å². The summed E-state index contributed by atoms with van der Waals surface area (Å²) >= 11 is 0. The van der Waals surface area contributed by atoms with Crippen molar-refractivity contribution in [2.24, 2.45) is 0 Å². The number of methoxy groups -OCH3 is 2. The van der Waals surface area contributed by atoms with Crippen molar-refractivity contribution < 1.29 is 28.9 Å². The van der Waals surface area contributed by atoms with E-state index in [4.69, 9.17) is 19.3 Å². The molecule has 132 valence electrons. The third-order valence-corrected chi connectivity index (χ3v) is 4.11. The van der Waals surface area contributed by atoms with Crippen LogP contribution in [0.2, 0.25) is 0 Å². The van der Waals surface area contributed by atoms with E-state index in [1.807, 2.05) is 31.2 Å². The van der Waals surface area contributed by atoms with E-state index < -0.39 is 18.2 Å². The first-order valence-electron chi connectivity index (χ1n) is 7.81. The van der Waals surface area contributed by atoms with Gasteiger partial charge in [0, 0.05) is 7.11 Å². The van der Waals surface area contributed by atoms with Crippen LogP contribution in [0.4, 0.5) is 0 Å². The Morgan fingerprint density at radius 1 is 1.21 bits per heavy atom. The number of rotatable bonds is 7. The highest BCUT2D eigenvalue weighted by molar-refractivity contribution is 5.82. The second-order valence-corrected chi connectivity index (χ2v) is 5.76. The average Bonchev–Trinajstić information content (AvgIpc) is 3.06. The van der Waals surface area contributed by atoms with Gasteiger partial charge in [-0.1, -0.05) is 12.1 Å². The zero-order valence-corrected chi connectivity index (χ0v) is 14.0. The van der Waals surface area contributed by atoms with Gasteiger partial charge >= 0.3 is 5.97 Å². The molecule has 0 aliphatic carbocycles. The molecule has 24 heavy (non-hydrogen) atoms. The van der Waals surface area contributed by atoms with E-state index >= 15 is 0 Å². The Bertz CT molecular complexity index is 573. The molecular weight excluding hydrogens is 314 g/mol. The van der Waals surface area contributed by atoms with E-state index in [0.717, 1.165) is 11.3 Å². The van der Waals surface area contributed by atoms with Gasteiger partial charge in [-0.15, -0.1) is 0 Å². The van der Waals surface area contributed by atoms with Gasteiger partial charge in [0.2, 0.25) is 5.91 Å². The Kier molecular flexibility index (Phi) is 6.16. The Labute approximate surface area is 140 Å². The van der Waals surface area contributed by atoms with Gasteiger partial charge in [0.1, 0.15) is 18.0 Å². The van der Waals surface area contributed by atoms with E-state index in [1.54, 1.807) is 14.2 Å². The van der Waals surface area contributed by atoms with Gasteiger partial charge in [0.15, 0.2) is 6.10 Å². The van der Waals surface area contributed by atoms with E-state index in [9.17, 15) is 9.59 Å². The maximum atomic E-state index is 12.3. The van der Waals surface area contributed by atoms with Gasteiger partial charge in [-0.3, -0.25) is 4.79 Å². The van der Waals surface area contributed by atoms with Crippen molar-refractivity contribution in [1.82, 2.24) is 5.32 Å². The summed E-state index contributed by atoms with van der Waals surface area (Å²) in [6, 6.07) is 7.11. The molecule has 2 N–H and O–H groups in total. The molecule has 2 rings (SSSR count). The number of hydrogen-bond acceptors (Lipinski definition) is 5. The summed E-state index contributed by atoms with van der Waals surface area (Å²) in [6.45, 7) is 1.83. The Morgan fingerprint density at radius 3 is 2.33 bits per heavy atom. The van der Waals surface area contributed by atoms with Crippen LogP contribution < -0.4 is 10.1 Å². The zero-order chi connectivity index (χ0) is 17.7. The first-order chi connectivity index (χ1) is 11.5. The number of ether oxygens (including phenoxy) is 3. The number of aliphatic carboxylic acids is 1. The Morgan fingerprint density at radius 2 is 1.83 bits per heavy atom. The molecule has 1 heterocycles. The van der Waals surface area contributed by atoms with Gasteiger partial charge in [0.05, 0.1) is 13.2 Å². The second kappa shape index (κ2) is 8.12. The number of amides is 1. The molecule has 1 aliphatic rings. The Hall–Kier alpha value is -2.12. The minimum Gasteiger partial charge on any atom is -0.497 e. The van der Waals surface area contributed by atoms with Crippen LogP contribution in [-0.2, 0) is 19.1 Å². The van der Waals surface area contributed by atoms with Crippen molar-refractivity contribution in [3.8, 4) is 5.75 Å². The molecule has 7 heteroatoms. The van der Waals surface area contributed by atoms with Crippen LogP contribution >= 0.6 is 0 Å². The number of nitrogens with one attached hydrogen (secondary N) is 1. The van der Waals surface area contributed by atoms with Crippen LogP contribution in [0.5, 0.6) is 5.75 Å². The van der Waals surface area contributed by atoms with Gasteiger partial charge in [0.25, 0.3) is 0 Å². The van der Waals surface area contributed by atoms with Crippen LogP contribution in [-0.4, -0.2) is 49.5 Å². The van der Waals surface area contributed by atoms with Crippen molar-refractivity contribution in [2.45, 2.75) is 44.1 Å². The standard InChI is InChI=1S/C17H23NO6/c1-10(15(23-3)11-4-6-12(22-2)7-5-11)18-16(19)13-8-9-14(24-13)17(20)21/h4-7,10,13-15H,8-9H2,1-3H3,(H,18,19)(H,20,21)/t10?,13-,14+,15?/m0/s1. The number of carboxylic acids is 1. The second-order valence-electron chi connectivity index (χ2n) is 5.76. The van der Waals surface area contributed by atoms with Crippen LogP contribution in [0, 0.1) is 0 Å². The lowest BCUT2D eigenvalue weighted by molar-refractivity contribution is -0.152. The first kappa shape index (κ1) is 18.2. The molecule has 4 atom stereocenters. The summed E-state index contributed by atoms with van der Waals surface area (Å²) < 4.78 is 15.9. The largest absolute Gasteiger partial charge is 0.497 e. The minimum absolute atomic E-state index is 0.302. The summed E-state index contributed by atoms with van der Waals surface area (Å²) in [5.74, 6) is -0.613. The molecule has 0 aromatic heterocycles. The van der Waals surface area contributed by atoms with Crippen LogP contribution in [0.25, 0.3) is 0 Å². The molecule has 0 saturated carbocycles. The fourth-order valence-corrected chi connectivity index (χ4v) is 2.83. The maximum absolute atomic E-state index is 12.3. The molecule has 1 fully saturated rings. The van der Waals surface area contributed by atoms with Crippen LogP contribution in [0.1, 0.15) is 31.4 Å². The lowest BCUT2D eigenvalue weighted by atomic mass is 10.0. The molecule has 1 aromatic rings. The number of carboxylic acid groups (broad SMARTS) is 1. The minimum atomic E-state index is -1.04. The maximum Gasteiger partial charge on any atom is 0.332 e. The first-order valence-corrected chi connectivity index (χ1v) is 7.81. The summed E-state index contributed by atoms with van der Waals surface area (Å²) in [5.41, 5.74) is 0.904. The number of carbonyl (C=O) groups is 2. The quantitative estimate of drug-likeness (QED) is 0.783. The molecule has 0 radical (unpaired) electrons. The Balaban J connectivity index is 1.97. The smallest absolute Gasteiger partial charge is 0.332 e. The highest BCUT2D eigenvalue weighted by Crippen LogP contribution is 2.24. The van der Waals surface area contributed by atoms with Gasteiger partial charge in [-0.2, -0.15) is 0 Å². The van der Waals surface area contributed by atoms with Crippen molar-refractivity contribution in [2.75, 3.05) is 14.2 Å². The number of carbonyl (C=O) groups excluding carboxylic acids is 1. The number of benzene rings is 1. The number of hydrogen-bond donors (Lipinski definition) is 2. The highest BCUT2D eigenvalue weighted by Gasteiger charge is 2.35. The van der Waals surface area contributed by atoms with E-state index in [1.165, 1.54) is 0 Å². The fraction of sp³-hybridized carbons (Fsp3) is 0.529. The van der Waals surface area contributed by atoms with E-state index in [-0.39, 0.29) is 18.1 Å². The van der Waals surface area contributed by atoms with Crippen molar-refractivity contribution in [3.63, 3.8) is 0 Å². The van der Waals surface area contributed by atoms with Gasteiger partial charge in [-0.25, -0.2) is 4.79 Å². The average molecular weight is 337 g/mol. The zero-order valence-electron chi connectivity index (χ0n) is 14.0. The van der Waals surface area contributed by atoms with E-state index in [2.05, 4.69) is 5.32 Å². The molecular formula is C17H23NO6. The molecule has 1 amide bonds. The van der Waals surface area contributed by atoms with Crippen LogP contribution in [0.3, 0.4) is 0 Å². The SMILES string of the molecule is COc1ccc(C(OC)C(C)NC(=O)[C@@H]2CC[C@H](C(=O)O)O2)cc1. The molecule has 1 aliphatic heterocycles. The summed E-state index contributed by atoms with van der Waals surface area (Å²) in [4.78, 5) is 23.2.